The van der Waals surface area contributed by atoms with E-state index in [2.05, 4.69) is 17.1 Å². The Bertz CT molecular complexity index is 328. The number of hydrogen-bond acceptors (Lipinski definition) is 4. The van der Waals surface area contributed by atoms with Gasteiger partial charge in [0.2, 0.25) is 0 Å². The van der Waals surface area contributed by atoms with Crippen molar-refractivity contribution in [1.29, 1.82) is 0 Å². The van der Waals surface area contributed by atoms with E-state index >= 15 is 0 Å². The van der Waals surface area contributed by atoms with Gasteiger partial charge in [0, 0.05) is 12.6 Å². The monoisotopic (exact) mass is 260 g/mol. The van der Waals surface area contributed by atoms with Crippen LogP contribution in [-0.2, 0) is 9.84 Å². The molecule has 1 unspecified atom stereocenters. The molecule has 2 heterocycles. The number of nitrogens with one attached hydrogen (secondary N) is 1. The third kappa shape index (κ3) is 3.93. The minimum atomic E-state index is -2.72. The van der Waals surface area contributed by atoms with Gasteiger partial charge in [0.15, 0.2) is 0 Å². The smallest absolute Gasteiger partial charge is 0.150 e. The van der Waals surface area contributed by atoms with Crippen LogP contribution >= 0.6 is 0 Å². The fourth-order valence-electron chi connectivity index (χ4n) is 2.89. The summed E-state index contributed by atoms with van der Waals surface area (Å²) in [5.41, 5.74) is 0. The average Bonchev–Trinajstić information content (AvgIpc) is 2.24. The highest BCUT2D eigenvalue weighted by atomic mass is 32.2. The van der Waals surface area contributed by atoms with Crippen molar-refractivity contribution < 1.29 is 8.42 Å². The van der Waals surface area contributed by atoms with Gasteiger partial charge in [0.05, 0.1) is 11.5 Å². The van der Waals surface area contributed by atoms with Crippen LogP contribution in [-0.4, -0.2) is 57.0 Å². The Morgan fingerprint density at radius 3 is 2.65 bits per heavy atom. The summed E-state index contributed by atoms with van der Waals surface area (Å²) in [6.45, 7) is 6.66. The van der Waals surface area contributed by atoms with Crippen LogP contribution in [0, 0.1) is 5.92 Å². The molecule has 100 valence electrons. The standard InChI is InChI=1S/C12H24N2O2S/c1-11-9-13-5-2-6-14(10-11)12-3-7-17(15,16)8-4-12/h11-13H,2-10H2,1H3. The van der Waals surface area contributed by atoms with E-state index in [0.717, 1.165) is 39.0 Å². The van der Waals surface area contributed by atoms with Crippen LogP contribution in [0.2, 0.25) is 0 Å². The first kappa shape index (κ1) is 13.3. The van der Waals surface area contributed by atoms with Crippen LogP contribution in [0.3, 0.4) is 0 Å². The van der Waals surface area contributed by atoms with Crippen LogP contribution in [0.4, 0.5) is 0 Å². The average molecular weight is 260 g/mol. The minimum absolute atomic E-state index is 0.390. The van der Waals surface area contributed by atoms with Gasteiger partial charge in [0.25, 0.3) is 0 Å². The van der Waals surface area contributed by atoms with E-state index in [1.54, 1.807) is 0 Å². The van der Waals surface area contributed by atoms with Gasteiger partial charge in [-0.15, -0.1) is 0 Å². The van der Waals surface area contributed by atoms with E-state index < -0.39 is 9.84 Å². The van der Waals surface area contributed by atoms with Crippen molar-refractivity contribution in [2.45, 2.75) is 32.2 Å². The van der Waals surface area contributed by atoms with E-state index in [4.69, 9.17) is 0 Å². The van der Waals surface area contributed by atoms with Crippen molar-refractivity contribution >= 4 is 9.84 Å². The maximum Gasteiger partial charge on any atom is 0.150 e. The Balaban J connectivity index is 1.91. The number of hydrogen-bond donors (Lipinski definition) is 1. The van der Waals surface area contributed by atoms with Crippen LogP contribution in [0.25, 0.3) is 0 Å². The first-order valence-electron chi connectivity index (χ1n) is 6.72. The molecule has 0 saturated carbocycles. The molecule has 0 aliphatic carbocycles. The lowest BCUT2D eigenvalue weighted by molar-refractivity contribution is 0.147. The fourth-order valence-corrected chi connectivity index (χ4v) is 4.35. The van der Waals surface area contributed by atoms with Crippen LogP contribution in [0.15, 0.2) is 0 Å². The highest BCUT2D eigenvalue weighted by Crippen LogP contribution is 2.20. The molecule has 2 fully saturated rings. The molecule has 0 aromatic heterocycles. The molecular weight excluding hydrogens is 236 g/mol. The van der Waals surface area contributed by atoms with E-state index in [9.17, 15) is 8.42 Å². The first-order chi connectivity index (χ1) is 8.07. The maximum atomic E-state index is 11.4. The highest BCUT2D eigenvalue weighted by Gasteiger charge is 2.28. The van der Waals surface area contributed by atoms with Crippen LogP contribution < -0.4 is 5.32 Å². The van der Waals surface area contributed by atoms with Gasteiger partial charge in [-0.1, -0.05) is 6.92 Å². The maximum absolute atomic E-state index is 11.4. The second-order valence-corrected chi connectivity index (χ2v) is 7.84. The molecule has 0 radical (unpaired) electrons. The molecule has 0 spiro atoms. The van der Waals surface area contributed by atoms with E-state index in [1.807, 2.05) is 0 Å². The van der Waals surface area contributed by atoms with Crippen LogP contribution in [0.5, 0.6) is 0 Å². The molecule has 1 N–H and O–H groups in total. The zero-order chi connectivity index (χ0) is 12.3. The van der Waals surface area contributed by atoms with Crippen molar-refractivity contribution in [2.24, 2.45) is 5.92 Å². The SMILES string of the molecule is CC1CNCCCN(C2CCS(=O)(=O)CC2)C1. The third-order valence-electron chi connectivity index (χ3n) is 3.88. The Kier molecular flexibility index (Phi) is 4.44. The van der Waals surface area contributed by atoms with Crippen molar-refractivity contribution in [2.75, 3.05) is 37.7 Å². The second kappa shape index (κ2) is 5.67. The zero-order valence-electron chi connectivity index (χ0n) is 10.7. The first-order valence-corrected chi connectivity index (χ1v) is 8.54. The molecule has 0 amide bonds. The molecule has 2 aliphatic heterocycles. The van der Waals surface area contributed by atoms with Gasteiger partial charge >= 0.3 is 0 Å². The molecule has 4 nitrogen and oxygen atoms in total. The van der Waals surface area contributed by atoms with Gasteiger partial charge in [-0.3, -0.25) is 4.90 Å². The quantitative estimate of drug-likeness (QED) is 0.746. The second-order valence-electron chi connectivity index (χ2n) is 5.54. The lowest BCUT2D eigenvalue weighted by atomic mass is 10.0. The van der Waals surface area contributed by atoms with Crippen molar-refractivity contribution in [3.8, 4) is 0 Å². The van der Waals surface area contributed by atoms with Crippen LogP contribution in [0.1, 0.15) is 26.2 Å². The zero-order valence-corrected chi connectivity index (χ0v) is 11.5. The highest BCUT2D eigenvalue weighted by molar-refractivity contribution is 7.91. The van der Waals surface area contributed by atoms with E-state index in [1.165, 1.54) is 6.42 Å². The summed E-state index contributed by atoms with van der Waals surface area (Å²) in [7, 11) is -2.72. The fraction of sp³-hybridized carbons (Fsp3) is 1.00. The van der Waals surface area contributed by atoms with Gasteiger partial charge in [-0.25, -0.2) is 8.42 Å². The Morgan fingerprint density at radius 2 is 1.94 bits per heavy atom. The summed E-state index contributed by atoms with van der Waals surface area (Å²) >= 11 is 0. The van der Waals surface area contributed by atoms with Crippen molar-refractivity contribution in [3.63, 3.8) is 0 Å². The molecule has 2 saturated heterocycles. The summed E-state index contributed by atoms with van der Waals surface area (Å²) in [5.74, 6) is 1.44. The molecular formula is C12H24N2O2S. The van der Waals surface area contributed by atoms with Gasteiger partial charge in [-0.2, -0.15) is 0 Å². The Morgan fingerprint density at radius 1 is 1.24 bits per heavy atom. The number of sulfone groups is 1. The topological polar surface area (TPSA) is 49.4 Å². The summed E-state index contributed by atoms with van der Waals surface area (Å²) in [6, 6.07) is 0.499. The van der Waals surface area contributed by atoms with E-state index in [0.29, 0.717) is 23.5 Å². The molecule has 1 atom stereocenters. The predicted molar refractivity (Wildman–Crippen MR) is 69.9 cm³/mol. The summed E-state index contributed by atoms with van der Waals surface area (Å²) in [5, 5.41) is 3.45. The predicted octanol–water partition coefficient (Wildman–Crippen LogP) is 0.495. The molecule has 0 bridgehead atoms. The molecule has 2 aliphatic rings. The third-order valence-corrected chi connectivity index (χ3v) is 5.59. The molecule has 0 aromatic carbocycles. The van der Waals surface area contributed by atoms with Crippen molar-refractivity contribution in [1.82, 2.24) is 10.2 Å². The molecule has 0 aromatic rings. The van der Waals surface area contributed by atoms with Crippen molar-refractivity contribution in [3.05, 3.63) is 0 Å². The summed E-state index contributed by atoms with van der Waals surface area (Å²) < 4.78 is 22.9. The van der Waals surface area contributed by atoms with Gasteiger partial charge < -0.3 is 5.32 Å². The summed E-state index contributed by atoms with van der Waals surface area (Å²) in [4.78, 5) is 2.53. The largest absolute Gasteiger partial charge is 0.316 e. The molecule has 2 rings (SSSR count). The van der Waals surface area contributed by atoms with Gasteiger partial charge in [0.1, 0.15) is 9.84 Å². The van der Waals surface area contributed by atoms with Gasteiger partial charge in [-0.05, 0) is 44.8 Å². The minimum Gasteiger partial charge on any atom is -0.316 e. The summed E-state index contributed by atoms with van der Waals surface area (Å²) in [6.07, 6.45) is 2.85. The Hall–Kier alpha value is -0.130. The lowest BCUT2D eigenvalue weighted by Crippen LogP contribution is -2.47. The number of nitrogens with zero attached hydrogens (tertiary/aromatic N) is 1. The number of rotatable bonds is 1. The van der Waals surface area contributed by atoms with E-state index in [-0.39, 0.29) is 0 Å². The normalized spacial score (nSPS) is 32.9. The lowest BCUT2D eigenvalue weighted by Gasteiger charge is -2.37. The molecule has 5 heteroatoms. The molecule has 17 heavy (non-hydrogen) atoms. The Labute approximate surface area is 105 Å².